The Balaban J connectivity index is 0.000000492. The molecule has 1 fully saturated rings. The Morgan fingerprint density at radius 1 is 1.02 bits per heavy atom. The quantitative estimate of drug-likeness (QED) is 0.117. The maximum Gasteiger partial charge on any atom is 0.237 e. The molecule has 0 bridgehead atoms. The van der Waals surface area contributed by atoms with Crippen molar-refractivity contribution in [1.29, 1.82) is 0 Å². The van der Waals surface area contributed by atoms with Crippen molar-refractivity contribution in [2.75, 3.05) is 34.2 Å². The van der Waals surface area contributed by atoms with Gasteiger partial charge in [-0.05, 0) is 109 Å². The number of carbonyl (C=O) groups excluding carboxylic acids is 3. The fraction of sp³-hybridized carbons (Fsp3) is 0.568. The van der Waals surface area contributed by atoms with Gasteiger partial charge in [0.1, 0.15) is 6.29 Å². The molecule has 5 atom stereocenters. The number of rotatable bonds is 18. The fourth-order valence-corrected chi connectivity index (χ4v) is 6.19. The zero-order chi connectivity index (χ0) is 34.4. The molecular formula is C37H58N6O3S. The first-order chi connectivity index (χ1) is 22.8. The highest BCUT2D eigenvalue weighted by atomic mass is 32.1. The number of aldehydes is 1. The van der Waals surface area contributed by atoms with Crippen LogP contribution in [0.4, 0.5) is 0 Å². The van der Waals surface area contributed by atoms with Crippen LogP contribution in [0.5, 0.6) is 0 Å². The average molecular weight is 667 g/mol. The average Bonchev–Trinajstić information content (AvgIpc) is 3.35. The second-order valence-corrected chi connectivity index (χ2v) is 12.7. The summed E-state index contributed by atoms with van der Waals surface area (Å²) >= 11 is 5.19. The van der Waals surface area contributed by atoms with Gasteiger partial charge >= 0.3 is 0 Å². The molecule has 1 aromatic rings. The number of benzene rings is 1. The van der Waals surface area contributed by atoms with E-state index in [9.17, 15) is 14.4 Å². The molecule has 2 amide bonds. The lowest BCUT2D eigenvalue weighted by atomic mass is 9.89. The molecule has 1 heterocycles. The van der Waals surface area contributed by atoms with E-state index in [-0.39, 0.29) is 36.0 Å². The predicted octanol–water partition coefficient (Wildman–Crippen LogP) is 4.21. The molecular weight excluding hydrogens is 609 g/mol. The Bertz CT molecular complexity index is 1190. The van der Waals surface area contributed by atoms with Crippen molar-refractivity contribution < 1.29 is 14.4 Å². The van der Waals surface area contributed by atoms with Crippen LogP contribution < -0.4 is 26.6 Å². The van der Waals surface area contributed by atoms with Gasteiger partial charge in [0, 0.05) is 25.7 Å². The minimum absolute atomic E-state index is 0.0287. The van der Waals surface area contributed by atoms with Crippen molar-refractivity contribution in [3.8, 4) is 0 Å². The van der Waals surface area contributed by atoms with Gasteiger partial charge in [-0.15, -0.1) is 0 Å². The molecule has 9 nitrogen and oxygen atoms in total. The van der Waals surface area contributed by atoms with Crippen LogP contribution in [0.3, 0.4) is 0 Å². The zero-order valence-electron chi connectivity index (χ0n) is 29.1. The zero-order valence-corrected chi connectivity index (χ0v) is 29.9. The minimum Gasteiger partial charge on any atom is -0.366 e. The highest BCUT2D eigenvalue weighted by Crippen LogP contribution is 2.28. The van der Waals surface area contributed by atoms with Gasteiger partial charge in [0.25, 0.3) is 0 Å². The van der Waals surface area contributed by atoms with E-state index in [0.717, 1.165) is 69.8 Å². The lowest BCUT2D eigenvalue weighted by Gasteiger charge is -2.30. The van der Waals surface area contributed by atoms with Gasteiger partial charge < -0.3 is 36.3 Å². The summed E-state index contributed by atoms with van der Waals surface area (Å²) in [6.07, 6.45) is 18.8. The Hall–Kier alpha value is -3.34. The molecule has 260 valence electrons. The molecule has 47 heavy (non-hydrogen) atoms. The van der Waals surface area contributed by atoms with Crippen molar-refractivity contribution in [2.45, 2.75) is 95.8 Å². The molecule has 0 saturated carbocycles. The van der Waals surface area contributed by atoms with E-state index < -0.39 is 0 Å². The molecule has 3 rings (SSSR count). The lowest BCUT2D eigenvalue weighted by molar-refractivity contribution is -0.125. The summed E-state index contributed by atoms with van der Waals surface area (Å²) in [5.41, 5.74) is 4.01. The van der Waals surface area contributed by atoms with Crippen molar-refractivity contribution in [3.05, 3.63) is 71.3 Å². The third-order valence-electron chi connectivity index (χ3n) is 9.15. The second kappa shape index (κ2) is 23.1. The van der Waals surface area contributed by atoms with Crippen LogP contribution in [0.25, 0.3) is 0 Å². The molecule has 1 saturated heterocycles. The van der Waals surface area contributed by atoms with Gasteiger partial charge in [-0.1, -0.05) is 72.7 Å². The van der Waals surface area contributed by atoms with Crippen LogP contribution in [0.15, 0.2) is 65.8 Å². The molecule has 0 radical (unpaired) electrons. The van der Waals surface area contributed by atoms with Crippen LogP contribution in [0.2, 0.25) is 0 Å². The van der Waals surface area contributed by atoms with E-state index in [4.69, 9.17) is 12.2 Å². The van der Waals surface area contributed by atoms with Crippen molar-refractivity contribution in [3.63, 3.8) is 0 Å². The first kappa shape index (κ1) is 39.8. The lowest BCUT2D eigenvalue weighted by Crippen LogP contribution is -2.49. The number of thiocarbonyl (C=S) groups is 1. The molecule has 1 aliphatic carbocycles. The van der Waals surface area contributed by atoms with Crippen molar-refractivity contribution >= 4 is 35.9 Å². The van der Waals surface area contributed by atoms with Crippen molar-refractivity contribution in [2.24, 2.45) is 5.92 Å². The monoisotopic (exact) mass is 666 g/mol. The van der Waals surface area contributed by atoms with E-state index in [1.165, 1.54) is 11.1 Å². The van der Waals surface area contributed by atoms with Crippen molar-refractivity contribution in [1.82, 2.24) is 31.5 Å². The molecule has 2 aliphatic rings. The van der Waals surface area contributed by atoms with Gasteiger partial charge in [-0.3, -0.25) is 9.59 Å². The first-order valence-electron chi connectivity index (χ1n) is 17.2. The number of likely N-dealkylation sites (tertiary alicyclic amines) is 1. The molecule has 0 spiro atoms. The summed E-state index contributed by atoms with van der Waals surface area (Å²) in [6, 6.07) is 9.32. The first-order valence-corrected chi connectivity index (χ1v) is 17.6. The molecule has 0 aromatic heterocycles. The number of nitrogens with one attached hydrogen (secondary N) is 5. The summed E-state index contributed by atoms with van der Waals surface area (Å²) in [7, 11) is 5.57. The molecule has 1 aliphatic heterocycles. The van der Waals surface area contributed by atoms with Crippen LogP contribution >= 0.6 is 12.2 Å². The van der Waals surface area contributed by atoms with Gasteiger partial charge in [-0.25, -0.2) is 0 Å². The fourth-order valence-electron chi connectivity index (χ4n) is 6.09. The van der Waals surface area contributed by atoms with E-state index in [1.54, 1.807) is 19.0 Å². The standard InChI is InChI=1S/C25H39N5O3S.C12H19N/c1-18(29-24(33)23(26-2)15-19-7-5-4-6-8-19)20(13-14-28-25(34)27-3)9-10-21-11-12-22(16-31)30(21)17-32;1-3-11-5-4-6-12(8-7-11)9-10-13-2/h4-8,16-18,20-23,26H,9-15H2,1-3H3,(H,29,33)(H2,27,28,34);5-8,13H,3-4,9-10H2,1-2H3. The Kier molecular flexibility index (Phi) is 19.5. The number of hydrogen-bond donors (Lipinski definition) is 5. The summed E-state index contributed by atoms with van der Waals surface area (Å²) in [4.78, 5) is 37.5. The van der Waals surface area contributed by atoms with Gasteiger partial charge in [0.2, 0.25) is 12.3 Å². The normalized spacial score (nSPS) is 19.1. The van der Waals surface area contributed by atoms with E-state index in [0.29, 0.717) is 24.5 Å². The topological polar surface area (TPSA) is 115 Å². The Morgan fingerprint density at radius 3 is 2.38 bits per heavy atom. The van der Waals surface area contributed by atoms with Crippen LogP contribution in [-0.2, 0) is 20.8 Å². The third-order valence-corrected chi connectivity index (χ3v) is 9.49. The van der Waals surface area contributed by atoms with Gasteiger partial charge in [0.05, 0.1) is 12.1 Å². The highest BCUT2D eigenvalue weighted by Gasteiger charge is 2.33. The minimum atomic E-state index is -0.325. The summed E-state index contributed by atoms with van der Waals surface area (Å²) in [5, 5.41) is 16.2. The Morgan fingerprint density at radius 2 is 1.74 bits per heavy atom. The smallest absolute Gasteiger partial charge is 0.237 e. The molecule has 5 N–H and O–H groups in total. The number of nitrogens with zero attached hydrogens (tertiary/aromatic N) is 1. The summed E-state index contributed by atoms with van der Waals surface area (Å²) in [6.45, 7) is 5.99. The predicted molar refractivity (Wildman–Crippen MR) is 197 cm³/mol. The number of amides is 2. The van der Waals surface area contributed by atoms with Gasteiger partial charge in [-0.2, -0.15) is 0 Å². The third kappa shape index (κ3) is 14.5. The highest BCUT2D eigenvalue weighted by molar-refractivity contribution is 7.80. The molecule has 5 unspecified atom stereocenters. The largest absolute Gasteiger partial charge is 0.366 e. The van der Waals surface area contributed by atoms with Crippen LogP contribution in [0.1, 0.15) is 70.8 Å². The molecule has 1 aromatic carbocycles. The van der Waals surface area contributed by atoms with E-state index in [2.05, 4.69) is 57.8 Å². The van der Waals surface area contributed by atoms with E-state index >= 15 is 0 Å². The number of likely N-dealkylation sites (N-methyl/N-ethyl adjacent to an activating group) is 1. The molecule has 10 heteroatoms. The number of carbonyl (C=O) groups is 3. The van der Waals surface area contributed by atoms with E-state index in [1.807, 2.05) is 44.3 Å². The van der Waals surface area contributed by atoms with Crippen LogP contribution in [0, 0.1) is 5.92 Å². The van der Waals surface area contributed by atoms with Crippen LogP contribution in [-0.4, -0.2) is 87.0 Å². The SMILES string of the molecule is CCC1=CCC=C(CCNC)C=C1.CNC(=S)NCCC(CCC1CCC(C=O)N1C=O)C(C)NC(=O)C(Cc1ccccc1)NC. The maximum absolute atomic E-state index is 13.0. The Labute approximate surface area is 288 Å². The second-order valence-electron chi connectivity index (χ2n) is 12.3. The summed E-state index contributed by atoms with van der Waals surface area (Å²) in [5.74, 6) is 0.160. The number of allylic oxidation sites excluding steroid dienone is 5. The van der Waals surface area contributed by atoms with Gasteiger partial charge in [0.15, 0.2) is 5.11 Å². The number of hydrogen-bond acceptors (Lipinski definition) is 6. The maximum atomic E-state index is 13.0. The summed E-state index contributed by atoms with van der Waals surface area (Å²) < 4.78 is 0.